The molecule has 190 valence electrons. The highest BCUT2D eigenvalue weighted by Gasteiger charge is 2.14. The van der Waals surface area contributed by atoms with Crippen molar-refractivity contribution in [2.24, 2.45) is 0 Å². The predicted octanol–water partition coefficient (Wildman–Crippen LogP) is 3.94. The Bertz CT molecular complexity index is 1220. The molecule has 9 nitrogen and oxygen atoms in total. The number of thioether (sulfide) groups is 1. The molecule has 36 heavy (non-hydrogen) atoms. The van der Waals surface area contributed by atoms with Crippen LogP contribution in [0.5, 0.6) is 11.5 Å². The standard InChI is InChI=1S/C26H31N5O4S/c1-5-19-9-7-8-10-20(19)28-25(33)17-36-26-30-29-23(31(26)6-2)16-27-24(32)14-12-18-11-13-21(34-3)22(15-18)35-4/h7-15H,5-6,16-17H2,1-4H3,(H,27,32)(H,28,33). The van der Waals surface area contributed by atoms with Gasteiger partial charge in [0.05, 0.1) is 26.5 Å². The molecule has 0 aliphatic carbocycles. The van der Waals surface area contributed by atoms with E-state index >= 15 is 0 Å². The van der Waals surface area contributed by atoms with E-state index < -0.39 is 0 Å². The molecule has 0 saturated carbocycles. The SMILES string of the molecule is CCc1ccccc1NC(=O)CSc1nnc(CNC(=O)C=Cc2ccc(OC)c(OC)c2)n1CC. The number of nitrogens with zero attached hydrogens (tertiary/aromatic N) is 3. The van der Waals surface area contributed by atoms with E-state index in [1.54, 1.807) is 32.4 Å². The second kappa shape index (κ2) is 13.3. The summed E-state index contributed by atoms with van der Waals surface area (Å²) in [6.07, 6.45) is 3.98. The second-order valence-electron chi connectivity index (χ2n) is 7.66. The minimum Gasteiger partial charge on any atom is -0.493 e. The zero-order chi connectivity index (χ0) is 25.9. The van der Waals surface area contributed by atoms with Crippen LogP contribution in [0.15, 0.2) is 53.7 Å². The number of nitrogens with one attached hydrogen (secondary N) is 2. The smallest absolute Gasteiger partial charge is 0.244 e. The molecule has 0 aliphatic heterocycles. The number of rotatable bonds is 12. The Kier molecular flexibility index (Phi) is 9.93. The Hall–Kier alpha value is -3.79. The average molecular weight is 510 g/mol. The molecule has 0 radical (unpaired) electrons. The van der Waals surface area contributed by atoms with Crippen molar-refractivity contribution in [2.45, 2.75) is 38.5 Å². The molecule has 3 aromatic rings. The van der Waals surface area contributed by atoms with Gasteiger partial charge in [0.1, 0.15) is 0 Å². The van der Waals surface area contributed by atoms with E-state index in [0.29, 0.717) is 29.0 Å². The first kappa shape index (κ1) is 26.8. The Balaban J connectivity index is 1.54. The first-order valence-corrected chi connectivity index (χ1v) is 12.6. The number of ether oxygens (including phenoxy) is 2. The van der Waals surface area contributed by atoms with Crippen LogP contribution in [0, 0.1) is 0 Å². The number of anilines is 1. The Labute approximate surface area is 215 Å². The van der Waals surface area contributed by atoms with Gasteiger partial charge in [-0.25, -0.2) is 0 Å². The van der Waals surface area contributed by atoms with Crippen LogP contribution >= 0.6 is 11.8 Å². The molecule has 1 heterocycles. The first-order valence-electron chi connectivity index (χ1n) is 11.6. The molecule has 0 saturated heterocycles. The highest BCUT2D eigenvalue weighted by Crippen LogP contribution is 2.28. The summed E-state index contributed by atoms with van der Waals surface area (Å²) < 4.78 is 12.4. The van der Waals surface area contributed by atoms with Crippen molar-refractivity contribution in [3.63, 3.8) is 0 Å². The van der Waals surface area contributed by atoms with Gasteiger partial charge in [-0.2, -0.15) is 0 Å². The Morgan fingerprint density at radius 1 is 1.06 bits per heavy atom. The van der Waals surface area contributed by atoms with Crippen LogP contribution in [0.2, 0.25) is 0 Å². The van der Waals surface area contributed by atoms with Gasteiger partial charge in [-0.05, 0) is 48.7 Å². The van der Waals surface area contributed by atoms with E-state index in [1.807, 2.05) is 41.8 Å². The molecule has 0 spiro atoms. The van der Waals surface area contributed by atoms with Gasteiger partial charge in [0.2, 0.25) is 11.8 Å². The highest BCUT2D eigenvalue weighted by atomic mass is 32.2. The van der Waals surface area contributed by atoms with Gasteiger partial charge in [-0.3, -0.25) is 9.59 Å². The van der Waals surface area contributed by atoms with Crippen molar-refractivity contribution >= 4 is 35.3 Å². The van der Waals surface area contributed by atoms with Crippen LogP contribution < -0.4 is 20.1 Å². The average Bonchev–Trinajstić information content (AvgIpc) is 3.31. The van der Waals surface area contributed by atoms with Gasteiger partial charge in [-0.15, -0.1) is 10.2 Å². The van der Waals surface area contributed by atoms with Crippen molar-refractivity contribution in [3.8, 4) is 11.5 Å². The minimum absolute atomic E-state index is 0.110. The van der Waals surface area contributed by atoms with Crippen LogP contribution in [0.25, 0.3) is 6.08 Å². The maximum Gasteiger partial charge on any atom is 0.244 e. The fraction of sp³-hybridized carbons (Fsp3) is 0.308. The number of hydrogen-bond acceptors (Lipinski definition) is 7. The zero-order valence-corrected chi connectivity index (χ0v) is 21.7. The van der Waals surface area contributed by atoms with Crippen molar-refractivity contribution < 1.29 is 19.1 Å². The van der Waals surface area contributed by atoms with Crippen LogP contribution in [-0.2, 0) is 29.1 Å². The zero-order valence-electron chi connectivity index (χ0n) is 20.9. The van der Waals surface area contributed by atoms with Crippen molar-refractivity contribution in [2.75, 3.05) is 25.3 Å². The second-order valence-corrected chi connectivity index (χ2v) is 8.60. The summed E-state index contributed by atoms with van der Waals surface area (Å²) in [5.41, 5.74) is 2.72. The number of benzene rings is 2. The first-order chi connectivity index (χ1) is 17.5. The number of hydrogen-bond donors (Lipinski definition) is 2. The Morgan fingerprint density at radius 3 is 2.56 bits per heavy atom. The molecule has 0 atom stereocenters. The molecule has 2 amide bonds. The summed E-state index contributed by atoms with van der Waals surface area (Å²) in [6.45, 7) is 4.85. The minimum atomic E-state index is -0.265. The molecular formula is C26H31N5O4S. The van der Waals surface area contributed by atoms with Crippen molar-refractivity contribution in [3.05, 3.63) is 65.5 Å². The van der Waals surface area contributed by atoms with E-state index in [9.17, 15) is 9.59 Å². The third-order valence-corrected chi connectivity index (χ3v) is 6.34. The van der Waals surface area contributed by atoms with Gasteiger partial charge in [-0.1, -0.05) is 43.0 Å². The number of carbonyl (C=O) groups is 2. The van der Waals surface area contributed by atoms with Crippen LogP contribution in [0.4, 0.5) is 5.69 Å². The fourth-order valence-electron chi connectivity index (χ4n) is 3.49. The summed E-state index contributed by atoms with van der Waals surface area (Å²) in [7, 11) is 3.13. The molecule has 0 aliphatic rings. The molecule has 0 bridgehead atoms. The molecule has 2 aromatic carbocycles. The summed E-state index contributed by atoms with van der Waals surface area (Å²) in [6, 6.07) is 13.2. The maximum absolute atomic E-state index is 12.5. The van der Waals surface area contributed by atoms with Crippen LogP contribution in [0.1, 0.15) is 30.8 Å². The van der Waals surface area contributed by atoms with E-state index in [-0.39, 0.29) is 24.1 Å². The van der Waals surface area contributed by atoms with E-state index in [2.05, 4.69) is 27.8 Å². The number of amides is 2. The molecule has 2 N–H and O–H groups in total. The lowest BCUT2D eigenvalue weighted by Gasteiger charge is -2.10. The lowest BCUT2D eigenvalue weighted by Crippen LogP contribution is -2.22. The molecule has 0 unspecified atom stereocenters. The van der Waals surface area contributed by atoms with Crippen LogP contribution in [-0.4, -0.2) is 46.6 Å². The van der Waals surface area contributed by atoms with Gasteiger partial charge in [0, 0.05) is 18.3 Å². The quantitative estimate of drug-likeness (QED) is 0.281. The van der Waals surface area contributed by atoms with Gasteiger partial charge in [0.15, 0.2) is 22.5 Å². The largest absolute Gasteiger partial charge is 0.493 e. The van der Waals surface area contributed by atoms with Gasteiger partial charge >= 0.3 is 0 Å². The molecule has 3 rings (SSSR count). The summed E-state index contributed by atoms with van der Waals surface area (Å²) >= 11 is 1.31. The lowest BCUT2D eigenvalue weighted by molar-refractivity contribution is -0.116. The molecule has 10 heteroatoms. The maximum atomic E-state index is 12.5. The van der Waals surface area contributed by atoms with Crippen molar-refractivity contribution in [1.82, 2.24) is 20.1 Å². The number of aryl methyl sites for hydroxylation is 1. The topological polar surface area (TPSA) is 107 Å². The monoisotopic (exact) mass is 509 g/mol. The third-order valence-electron chi connectivity index (χ3n) is 5.37. The van der Waals surface area contributed by atoms with Crippen molar-refractivity contribution in [1.29, 1.82) is 0 Å². The third kappa shape index (κ3) is 7.11. The summed E-state index contributed by atoms with van der Waals surface area (Å²) in [5.74, 6) is 1.65. The van der Waals surface area contributed by atoms with Gasteiger partial charge in [0.25, 0.3) is 0 Å². The normalized spacial score (nSPS) is 10.9. The van der Waals surface area contributed by atoms with Crippen LogP contribution in [0.3, 0.4) is 0 Å². The number of aromatic nitrogens is 3. The Morgan fingerprint density at radius 2 is 1.83 bits per heavy atom. The number of para-hydroxylation sites is 1. The summed E-state index contributed by atoms with van der Waals surface area (Å²) in [5, 5.41) is 14.8. The highest BCUT2D eigenvalue weighted by molar-refractivity contribution is 7.99. The summed E-state index contributed by atoms with van der Waals surface area (Å²) in [4.78, 5) is 24.8. The van der Waals surface area contributed by atoms with E-state index in [1.165, 1.54) is 17.8 Å². The predicted molar refractivity (Wildman–Crippen MR) is 141 cm³/mol. The molecule has 0 fully saturated rings. The molecular weight excluding hydrogens is 478 g/mol. The van der Waals surface area contributed by atoms with E-state index in [0.717, 1.165) is 23.2 Å². The lowest BCUT2D eigenvalue weighted by atomic mass is 10.1. The van der Waals surface area contributed by atoms with E-state index in [4.69, 9.17) is 9.47 Å². The number of methoxy groups -OCH3 is 2. The van der Waals surface area contributed by atoms with Gasteiger partial charge < -0.3 is 24.7 Å². The molecule has 1 aromatic heterocycles. The number of carbonyl (C=O) groups excluding carboxylic acids is 2. The fourth-order valence-corrected chi connectivity index (χ4v) is 4.32.